The lowest BCUT2D eigenvalue weighted by molar-refractivity contribution is -0.663. The topological polar surface area (TPSA) is 186 Å². The summed E-state index contributed by atoms with van der Waals surface area (Å²) in [7, 11) is 1.84. The standard InChI is InChI=1S/C23H21ClN8O6S2/c1-10(22(36)37)38-29-16(15-18(24)40-23(25)28-15)19(34)27-17-20(35)32-14(8-33)11(9-39-21(17)32)7-31-5-3-4-12-13(31)6-26-30(12)2/h3-6,8,10,17,21H,7,9H2,1-2H3,(H3-,25,27,28,34,36,37)/p+1/b29-16-/t10-,17?,21?/m0/s1. The van der Waals surface area contributed by atoms with E-state index in [0.29, 0.717) is 18.6 Å². The predicted octanol–water partition coefficient (Wildman–Crippen LogP) is 0.300. The second kappa shape index (κ2) is 10.9. The molecule has 5 heterocycles. The Kier molecular flexibility index (Phi) is 7.48. The molecular formula is C23H22ClN8O6S2+. The van der Waals surface area contributed by atoms with Crippen LogP contribution in [0.15, 0.2) is 41.0 Å². The minimum atomic E-state index is -1.37. The van der Waals surface area contributed by atoms with Gasteiger partial charge in [-0.1, -0.05) is 28.1 Å². The zero-order valence-electron chi connectivity index (χ0n) is 21.0. The van der Waals surface area contributed by atoms with Crippen LogP contribution in [-0.4, -0.2) is 77.8 Å². The highest BCUT2D eigenvalue weighted by Crippen LogP contribution is 2.40. The summed E-state index contributed by atoms with van der Waals surface area (Å²) in [4.78, 5) is 60.0. The number of carbonyl (C=O) groups excluding carboxylic acids is 3. The lowest BCUT2D eigenvalue weighted by Gasteiger charge is -2.49. The summed E-state index contributed by atoms with van der Waals surface area (Å²) in [5.74, 6) is -2.23. The number of thioether (sulfide) groups is 1. The fourth-order valence-corrected chi connectivity index (χ4v) is 6.56. The predicted molar refractivity (Wildman–Crippen MR) is 145 cm³/mol. The highest BCUT2D eigenvalue weighted by molar-refractivity contribution is 8.00. The summed E-state index contributed by atoms with van der Waals surface area (Å²) in [5, 5.41) is 19.1. The molecule has 2 aliphatic rings. The zero-order chi connectivity index (χ0) is 28.7. The van der Waals surface area contributed by atoms with Gasteiger partial charge in [-0.3, -0.25) is 24.0 Å². The van der Waals surface area contributed by atoms with Crippen LogP contribution < -0.4 is 15.6 Å². The minimum Gasteiger partial charge on any atom is -0.478 e. The molecule has 2 unspecified atom stereocenters. The number of nitrogen functional groups attached to an aromatic ring is 1. The van der Waals surface area contributed by atoms with Gasteiger partial charge in [0.05, 0.1) is 5.70 Å². The number of nitrogens with zero attached hydrogens (tertiary/aromatic N) is 6. The Morgan fingerprint density at radius 2 is 2.25 bits per heavy atom. The normalized spacial score (nSPS) is 19.7. The molecular weight excluding hydrogens is 584 g/mol. The highest BCUT2D eigenvalue weighted by atomic mass is 35.5. The Bertz CT molecular complexity index is 1620. The van der Waals surface area contributed by atoms with E-state index in [9.17, 15) is 19.2 Å². The number of amides is 2. The summed E-state index contributed by atoms with van der Waals surface area (Å²) >= 11 is 8.43. The van der Waals surface area contributed by atoms with Gasteiger partial charge in [-0.2, -0.15) is 9.67 Å². The van der Waals surface area contributed by atoms with Crippen LogP contribution >= 0.6 is 34.7 Å². The molecule has 0 aliphatic carbocycles. The van der Waals surface area contributed by atoms with Crippen LogP contribution in [0.25, 0.3) is 11.0 Å². The number of β-lactam (4-membered cyclic amide) rings is 1. The van der Waals surface area contributed by atoms with E-state index in [1.54, 1.807) is 10.9 Å². The van der Waals surface area contributed by atoms with E-state index in [-0.39, 0.29) is 20.9 Å². The number of carboxylic acid groups (broad SMARTS) is 1. The first-order chi connectivity index (χ1) is 19.1. The number of pyridine rings is 1. The van der Waals surface area contributed by atoms with Crippen molar-refractivity contribution in [1.29, 1.82) is 0 Å². The average molecular weight is 606 g/mol. The largest absolute Gasteiger partial charge is 0.478 e. The molecule has 1 fully saturated rings. The van der Waals surface area contributed by atoms with Crippen molar-refractivity contribution in [2.24, 2.45) is 12.2 Å². The van der Waals surface area contributed by atoms with Crippen molar-refractivity contribution in [3.8, 4) is 0 Å². The Labute approximate surface area is 239 Å². The van der Waals surface area contributed by atoms with Crippen LogP contribution in [0.2, 0.25) is 4.34 Å². The zero-order valence-corrected chi connectivity index (χ0v) is 23.4. The number of fused-ring (bicyclic) bond motifs is 2. The van der Waals surface area contributed by atoms with Crippen LogP contribution in [0.5, 0.6) is 0 Å². The van der Waals surface area contributed by atoms with E-state index in [2.05, 4.69) is 20.6 Å². The first kappa shape index (κ1) is 27.5. The number of thiazole rings is 1. The number of rotatable bonds is 9. The van der Waals surface area contributed by atoms with Crippen LogP contribution in [0.1, 0.15) is 12.6 Å². The Morgan fingerprint density at radius 3 is 2.92 bits per heavy atom. The number of carboxylic acids is 1. The molecule has 1 saturated heterocycles. The third kappa shape index (κ3) is 4.89. The fourth-order valence-electron chi connectivity index (χ4n) is 4.27. The SMILES string of the molecule is C[C@H](O/N=C(\C(=O)NC1C(=O)N2C(C=O)=C(C[n+]3cccc4c3cnn4C)CSC12)c1nc(N)sc1Cl)C(=O)O. The average Bonchev–Trinajstić information content (AvgIpc) is 3.47. The summed E-state index contributed by atoms with van der Waals surface area (Å²) in [6, 6.07) is 2.83. The van der Waals surface area contributed by atoms with E-state index in [1.165, 1.54) is 23.6 Å². The van der Waals surface area contributed by atoms with Crippen molar-refractivity contribution < 1.29 is 33.7 Å². The lowest BCUT2D eigenvalue weighted by atomic mass is 10.0. The minimum absolute atomic E-state index is 0.0311. The molecule has 5 rings (SSSR count). The number of hydrogen-bond acceptors (Lipinski definition) is 11. The maximum atomic E-state index is 13.2. The van der Waals surface area contributed by atoms with Gasteiger partial charge in [0.15, 0.2) is 29.9 Å². The molecule has 0 aromatic carbocycles. The first-order valence-electron chi connectivity index (χ1n) is 11.7. The number of carbonyl (C=O) groups is 4. The number of halogens is 1. The maximum Gasteiger partial charge on any atom is 0.347 e. The molecule has 3 aromatic rings. The van der Waals surface area contributed by atoms with Gasteiger partial charge in [0.2, 0.25) is 6.10 Å². The third-order valence-corrected chi connectivity index (χ3v) is 8.76. The van der Waals surface area contributed by atoms with Crippen molar-refractivity contribution in [3.63, 3.8) is 0 Å². The number of anilines is 1. The summed E-state index contributed by atoms with van der Waals surface area (Å²) in [6.45, 7) is 1.60. The van der Waals surface area contributed by atoms with Crippen LogP contribution in [0.4, 0.5) is 5.13 Å². The first-order valence-corrected chi connectivity index (χ1v) is 14.0. The van der Waals surface area contributed by atoms with Crippen LogP contribution in [-0.2, 0) is 37.6 Å². The molecule has 0 bridgehead atoms. The molecule has 3 atom stereocenters. The van der Waals surface area contributed by atoms with Gasteiger partial charge < -0.3 is 21.0 Å². The summed E-state index contributed by atoms with van der Waals surface area (Å²) < 4.78 is 3.73. The molecule has 0 radical (unpaired) electrons. The summed E-state index contributed by atoms with van der Waals surface area (Å²) in [5.41, 5.74) is 7.93. The number of aryl methyl sites for hydroxylation is 1. The second-order valence-electron chi connectivity index (χ2n) is 8.84. The Morgan fingerprint density at radius 1 is 1.48 bits per heavy atom. The molecule has 2 aliphatic heterocycles. The smallest absolute Gasteiger partial charge is 0.347 e. The Hall–Kier alpha value is -4.02. The number of oxime groups is 1. The van der Waals surface area contributed by atoms with E-state index in [0.717, 1.165) is 27.9 Å². The van der Waals surface area contributed by atoms with Crippen molar-refractivity contribution in [2.75, 3.05) is 11.5 Å². The van der Waals surface area contributed by atoms with Gasteiger partial charge in [0.25, 0.3) is 17.3 Å². The fraction of sp³-hybridized carbons (Fsp3) is 0.304. The number of aldehydes is 1. The van der Waals surface area contributed by atoms with Gasteiger partial charge >= 0.3 is 5.97 Å². The number of nitrogens with one attached hydrogen (secondary N) is 1. The maximum absolute atomic E-state index is 13.2. The van der Waals surface area contributed by atoms with Crippen molar-refractivity contribution in [2.45, 2.75) is 31.0 Å². The van der Waals surface area contributed by atoms with E-state index in [4.69, 9.17) is 27.3 Å². The molecule has 3 aromatic heterocycles. The molecule has 40 heavy (non-hydrogen) atoms. The number of aliphatic carboxylic acids is 1. The van der Waals surface area contributed by atoms with Gasteiger partial charge in [-0.25, -0.2) is 9.78 Å². The molecule has 14 nitrogen and oxygen atoms in total. The van der Waals surface area contributed by atoms with Gasteiger partial charge in [0, 0.05) is 24.4 Å². The molecule has 0 saturated carbocycles. The highest BCUT2D eigenvalue weighted by Gasteiger charge is 2.53. The quantitative estimate of drug-likeness (QED) is 0.101. The van der Waals surface area contributed by atoms with Gasteiger partial charge in [0.1, 0.15) is 33.2 Å². The van der Waals surface area contributed by atoms with E-state index < -0.39 is 41.0 Å². The third-order valence-electron chi connectivity index (χ3n) is 6.34. The van der Waals surface area contributed by atoms with E-state index in [1.807, 2.05) is 29.9 Å². The monoisotopic (exact) mass is 605 g/mol. The van der Waals surface area contributed by atoms with E-state index >= 15 is 0 Å². The molecule has 2 amide bonds. The molecule has 0 spiro atoms. The second-order valence-corrected chi connectivity index (χ2v) is 11.6. The van der Waals surface area contributed by atoms with Crippen molar-refractivity contribution in [3.05, 3.63) is 45.8 Å². The number of nitrogens with two attached hydrogens (primary N) is 1. The van der Waals surface area contributed by atoms with Crippen LogP contribution in [0, 0.1) is 0 Å². The van der Waals surface area contributed by atoms with Crippen molar-refractivity contribution in [1.82, 2.24) is 25.0 Å². The van der Waals surface area contributed by atoms with Crippen molar-refractivity contribution >= 4 is 80.6 Å². The van der Waals surface area contributed by atoms with Gasteiger partial charge in [-0.05, 0) is 13.0 Å². The Balaban J connectivity index is 1.36. The van der Waals surface area contributed by atoms with Gasteiger partial charge in [-0.15, -0.1) is 11.8 Å². The molecule has 4 N–H and O–H groups in total. The number of aromatic nitrogens is 4. The molecule has 17 heteroatoms. The number of hydrogen-bond donors (Lipinski definition) is 3. The molecule has 208 valence electrons. The van der Waals surface area contributed by atoms with Crippen LogP contribution in [0.3, 0.4) is 0 Å². The summed E-state index contributed by atoms with van der Waals surface area (Å²) in [6.07, 6.45) is 2.88. The number of allylic oxidation sites excluding steroid dienone is 1. The lowest BCUT2D eigenvalue weighted by Crippen LogP contribution is -2.70.